The molecule has 0 aromatic heterocycles. The Morgan fingerprint density at radius 3 is 2.81 bits per heavy atom. The molecule has 1 aliphatic rings. The Labute approximate surface area is 121 Å². The average molecular weight is 292 g/mol. The van der Waals surface area contributed by atoms with Crippen molar-refractivity contribution in [1.29, 1.82) is 0 Å². The van der Waals surface area contributed by atoms with Crippen LogP contribution in [0.25, 0.3) is 0 Å². The van der Waals surface area contributed by atoms with Crippen LogP contribution in [-0.4, -0.2) is 36.4 Å². The van der Waals surface area contributed by atoms with Crippen molar-refractivity contribution in [3.8, 4) is 0 Å². The van der Waals surface area contributed by atoms with Gasteiger partial charge in [0.05, 0.1) is 4.92 Å². The smallest absolute Gasteiger partial charge is 0.282 e. The standard InChI is InChI=1S/C13H16N4O4/c1-14-8-2-4-11(17(20)21)10(6-8)13(19)16-9-3-5-12(18)15-7-9/h2,4,6,9,14H,3,5,7H2,1H3,(H,15,18)(H,16,19). The number of piperidine rings is 1. The van der Waals surface area contributed by atoms with E-state index in [0.717, 1.165) is 0 Å². The molecule has 8 heteroatoms. The zero-order chi connectivity index (χ0) is 15.4. The minimum atomic E-state index is -0.586. The highest BCUT2D eigenvalue weighted by Crippen LogP contribution is 2.22. The van der Waals surface area contributed by atoms with E-state index in [0.29, 0.717) is 25.1 Å². The van der Waals surface area contributed by atoms with Crippen molar-refractivity contribution in [3.63, 3.8) is 0 Å². The summed E-state index contributed by atoms with van der Waals surface area (Å²) in [6, 6.07) is 4.06. The number of nitro benzene ring substituents is 1. The maximum Gasteiger partial charge on any atom is 0.282 e. The number of hydrogen-bond donors (Lipinski definition) is 3. The summed E-state index contributed by atoms with van der Waals surface area (Å²) < 4.78 is 0. The highest BCUT2D eigenvalue weighted by Gasteiger charge is 2.25. The van der Waals surface area contributed by atoms with Gasteiger partial charge in [-0.15, -0.1) is 0 Å². The highest BCUT2D eigenvalue weighted by atomic mass is 16.6. The third-order valence-corrected chi connectivity index (χ3v) is 3.33. The third kappa shape index (κ3) is 3.47. The van der Waals surface area contributed by atoms with Crippen molar-refractivity contribution in [2.24, 2.45) is 0 Å². The number of carbonyl (C=O) groups excluding carboxylic acids is 2. The number of hydrogen-bond acceptors (Lipinski definition) is 5. The maximum absolute atomic E-state index is 12.2. The molecule has 1 unspecified atom stereocenters. The van der Waals surface area contributed by atoms with Gasteiger partial charge in [0.25, 0.3) is 11.6 Å². The molecule has 0 saturated carbocycles. The van der Waals surface area contributed by atoms with Crippen molar-refractivity contribution in [3.05, 3.63) is 33.9 Å². The van der Waals surface area contributed by atoms with Crippen LogP contribution in [0.5, 0.6) is 0 Å². The predicted octanol–water partition coefficient (Wildman–Crippen LogP) is 0.645. The lowest BCUT2D eigenvalue weighted by Crippen LogP contribution is -2.47. The van der Waals surface area contributed by atoms with Crippen LogP contribution in [0.15, 0.2) is 18.2 Å². The minimum absolute atomic E-state index is 0.00347. The first-order chi connectivity index (χ1) is 10.0. The van der Waals surface area contributed by atoms with Crippen molar-refractivity contribution >= 4 is 23.2 Å². The molecule has 1 aromatic rings. The molecule has 0 aliphatic carbocycles. The number of anilines is 1. The van der Waals surface area contributed by atoms with E-state index < -0.39 is 10.8 Å². The van der Waals surface area contributed by atoms with Crippen molar-refractivity contribution < 1.29 is 14.5 Å². The third-order valence-electron chi connectivity index (χ3n) is 3.33. The molecule has 1 fully saturated rings. The molecular formula is C13H16N4O4. The molecule has 21 heavy (non-hydrogen) atoms. The van der Waals surface area contributed by atoms with Crippen LogP contribution >= 0.6 is 0 Å². The molecular weight excluding hydrogens is 276 g/mol. The molecule has 2 amide bonds. The molecule has 0 spiro atoms. The Bertz CT molecular complexity index is 578. The van der Waals surface area contributed by atoms with Gasteiger partial charge in [0.1, 0.15) is 5.56 Å². The van der Waals surface area contributed by atoms with Gasteiger partial charge in [0.2, 0.25) is 5.91 Å². The fraction of sp³-hybridized carbons (Fsp3) is 0.385. The number of benzene rings is 1. The molecule has 1 heterocycles. The van der Waals surface area contributed by atoms with Crippen LogP contribution < -0.4 is 16.0 Å². The number of nitrogens with one attached hydrogen (secondary N) is 3. The summed E-state index contributed by atoms with van der Waals surface area (Å²) in [5.74, 6) is -0.566. The highest BCUT2D eigenvalue weighted by molar-refractivity contribution is 5.99. The number of nitro groups is 1. The van der Waals surface area contributed by atoms with Gasteiger partial charge in [-0.2, -0.15) is 0 Å². The topological polar surface area (TPSA) is 113 Å². The minimum Gasteiger partial charge on any atom is -0.388 e. The molecule has 2 rings (SSSR count). The molecule has 1 aromatic carbocycles. The quantitative estimate of drug-likeness (QED) is 0.557. The summed E-state index contributed by atoms with van der Waals surface area (Å²) in [4.78, 5) is 33.7. The largest absolute Gasteiger partial charge is 0.388 e. The van der Waals surface area contributed by atoms with Gasteiger partial charge in [-0.05, 0) is 18.6 Å². The summed E-state index contributed by atoms with van der Waals surface area (Å²) >= 11 is 0. The lowest BCUT2D eigenvalue weighted by Gasteiger charge is -2.23. The first-order valence-corrected chi connectivity index (χ1v) is 6.55. The zero-order valence-electron chi connectivity index (χ0n) is 11.5. The van der Waals surface area contributed by atoms with E-state index in [1.807, 2.05) is 0 Å². The van der Waals surface area contributed by atoms with E-state index in [2.05, 4.69) is 16.0 Å². The summed E-state index contributed by atoms with van der Waals surface area (Å²) in [5, 5.41) is 19.2. The van der Waals surface area contributed by atoms with Crippen LogP contribution in [-0.2, 0) is 4.79 Å². The SMILES string of the molecule is CNc1ccc([N+](=O)[O-])c(C(=O)NC2CCC(=O)NC2)c1. The van der Waals surface area contributed by atoms with Crippen LogP contribution in [0.4, 0.5) is 11.4 Å². The molecule has 3 N–H and O–H groups in total. The summed E-state index contributed by atoms with van der Waals surface area (Å²) in [5.41, 5.74) is 0.373. The second-order valence-electron chi connectivity index (χ2n) is 4.75. The van der Waals surface area contributed by atoms with E-state index in [4.69, 9.17) is 0 Å². The van der Waals surface area contributed by atoms with Crippen LogP contribution in [0.1, 0.15) is 23.2 Å². The van der Waals surface area contributed by atoms with Crippen molar-refractivity contribution in [1.82, 2.24) is 10.6 Å². The fourth-order valence-corrected chi connectivity index (χ4v) is 2.15. The van der Waals surface area contributed by atoms with Gasteiger partial charge < -0.3 is 16.0 Å². The Hall–Kier alpha value is -2.64. The summed E-state index contributed by atoms with van der Waals surface area (Å²) in [7, 11) is 1.67. The Kier molecular flexibility index (Phi) is 4.36. The summed E-state index contributed by atoms with van der Waals surface area (Å²) in [6.07, 6.45) is 0.862. The molecule has 112 valence electrons. The predicted molar refractivity (Wildman–Crippen MR) is 76.1 cm³/mol. The molecule has 8 nitrogen and oxygen atoms in total. The molecule has 1 aliphatic heterocycles. The molecule has 1 saturated heterocycles. The second kappa shape index (κ2) is 6.21. The van der Waals surface area contributed by atoms with Crippen LogP contribution in [0.2, 0.25) is 0 Å². The van der Waals surface area contributed by atoms with Crippen LogP contribution in [0.3, 0.4) is 0 Å². The fourth-order valence-electron chi connectivity index (χ4n) is 2.15. The second-order valence-corrected chi connectivity index (χ2v) is 4.75. The van der Waals surface area contributed by atoms with Crippen molar-refractivity contribution in [2.75, 3.05) is 18.9 Å². The van der Waals surface area contributed by atoms with Gasteiger partial charge in [0.15, 0.2) is 0 Å². The van der Waals surface area contributed by atoms with E-state index in [-0.39, 0.29) is 23.2 Å². The van der Waals surface area contributed by atoms with Crippen molar-refractivity contribution in [2.45, 2.75) is 18.9 Å². The molecule has 1 atom stereocenters. The van der Waals surface area contributed by atoms with Gasteiger partial charge in [0, 0.05) is 37.8 Å². The summed E-state index contributed by atoms with van der Waals surface area (Å²) in [6.45, 7) is 0.337. The van der Waals surface area contributed by atoms with Gasteiger partial charge in [-0.3, -0.25) is 19.7 Å². The van der Waals surface area contributed by atoms with E-state index in [1.165, 1.54) is 18.2 Å². The normalized spacial score (nSPS) is 17.8. The van der Waals surface area contributed by atoms with Gasteiger partial charge in [-0.25, -0.2) is 0 Å². The molecule has 0 radical (unpaired) electrons. The number of carbonyl (C=O) groups is 2. The lowest BCUT2D eigenvalue weighted by molar-refractivity contribution is -0.385. The number of amides is 2. The molecule has 0 bridgehead atoms. The van der Waals surface area contributed by atoms with E-state index in [1.54, 1.807) is 7.05 Å². The zero-order valence-corrected chi connectivity index (χ0v) is 11.5. The first kappa shape index (κ1) is 14.8. The first-order valence-electron chi connectivity index (χ1n) is 6.55. The Balaban J connectivity index is 2.17. The maximum atomic E-state index is 12.2. The number of rotatable bonds is 4. The monoisotopic (exact) mass is 292 g/mol. The van der Waals surface area contributed by atoms with E-state index >= 15 is 0 Å². The lowest BCUT2D eigenvalue weighted by atomic mass is 10.1. The Morgan fingerprint density at radius 2 is 2.24 bits per heavy atom. The van der Waals surface area contributed by atoms with E-state index in [9.17, 15) is 19.7 Å². The van der Waals surface area contributed by atoms with Crippen LogP contribution in [0, 0.1) is 10.1 Å². The average Bonchev–Trinajstić information content (AvgIpc) is 2.48. The Morgan fingerprint density at radius 1 is 1.48 bits per heavy atom. The van der Waals surface area contributed by atoms with Gasteiger partial charge >= 0.3 is 0 Å². The van der Waals surface area contributed by atoms with Gasteiger partial charge in [-0.1, -0.05) is 0 Å². The number of nitrogens with zero attached hydrogens (tertiary/aromatic N) is 1.